The predicted octanol–water partition coefficient (Wildman–Crippen LogP) is 6.49. The molecule has 1 aliphatic heterocycles. The first kappa shape index (κ1) is 27.6. The van der Waals surface area contributed by atoms with Crippen LogP contribution < -0.4 is 4.74 Å². The lowest BCUT2D eigenvalue weighted by molar-refractivity contribution is 0.113. The first-order valence-corrected chi connectivity index (χ1v) is 14.5. The summed E-state index contributed by atoms with van der Waals surface area (Å²) < 4.78 is 8.01. The minimum atomic E-state index is -0.105. The molecular formula is C35H36N6O. The molecule has 0 amide bonds. The van der Waals surface area contributed by atoms with Gasteiger partial charge in [-0.15, -0.1) is 5.10 Å². The minimum Gasteiger partial charge on any atom is -0.457 e. The van der Waals surface area contributed by atoms with E-state index in [-0.39, 0.29) is 6.04 Å². The maximum atomic E-state index is 6.09. The summed E-state index contributed by atoms with van der Waals surface area (Å²) in [6, 6.07) is 34.9. The van der Waals surface area contributed by atoms with Crippen molar-refractivity contribution in [2.45, 2.75) is 19.9 Å². The highest BCUT2D eigenvalue weighted by molar-refractivity contribution is 5.49. The lowest BCUT2D eigenvalue weighted by Gasteiger charge is -2.38. The summed E-state index contributed by atoms with van der Waals surface area (Å²) in [6.45, 7) is 8.91. The Morgan fingerprint density at radius 1 is 0.738 bits per heavy atom. The van der Waals surface area contributed by atoms with E-state index < -0.39 is 0 Å². The molecule has 0 N–H and O–H groups in total. The second-order valence-electron chi connectivity index (χ2n) is 10.7. The van der Waals surface area contributed by atoms with Gasteiger partial charge in [-0.2, -0.15) is 4.68 Å². The van der Waals surface area contributed by atoms with E-state index in [9.17, 15) is 0 Å². The molecular weight excluding hydrogens is 520 g/mol. The van der Waals surface area contributed by atoms with Gasteiger partial charge in [0.05, 0.1) is 11.7 Å². The van der Waals surface area contributed by atoms with E-state index in [1.165, 1.54) is 5.56 Å². The summed E-state index contributed by atoms with van der Waals surface area (Å²) in [5.74, 6) is 2.44. The summed E-state index contributed by atoms with van der Waals surface area (Å²) in [4.78, 5) is 5.00. The van der Waals surface area contributed by atoms with Crippen LogP contribution in [0.2, 0.25) is 0 Å². The highest BCUT2D eigenvalue weighted by atomic mass is 16.5. The van der Waals surface area contributed by atoms with Crippen LogP contribution in [0.15, 0.2) is 109 Å². The molecule has 1 fully saturated rings. The van der Waals surface area contributed by atoms with Crippen molar-refractivity contribution in [3.63, 3.8) is 0 Å². The van der Waals surface area contributed by atoms with Gasteiger partial charge in [0, 0.05) is 32.7 Å². The van der Waals surface area contributed by atoms with Crippen molar-refractivity contribution in [3.05, 3.63) is 137 Å². The first-order chi connectivity index (χ1) is 20.7. The van der Waals surface area contributed by atoms with E-state index in [1.807, 2.05) is 53.2 Å². The van der Waals surface area contributed by atoms with E-state index in [1.54, 1.807) is 0 Å². The molecule has 212 valence electrons. The molecule has 1 atom stereocenters. The normalized spacial score (nSPS) is 15.2. The molecule has 1 saturated heterocycles. The van der Waals surface area contributed by atoms with Crippen molar-refractivity contribution in [2.75, 3.05) is 32.7 Å². The smallest absolute Gasteiger partial charge is 0.178 e. The second-order valence-corrected chi connectivity index (χ2v) is 10.7. The molecule has 1 unspecified atom stereocenters. The molecule has 42 heavy (non-hydrogen) atoms. The Morgan fingerprint density at radius 3 is 2.07 bits per heavy atom. The average Bonchev–Trinajstić information content (AvgIpc) is 3.49. The molecule has 0 spiro atoms. The number of rotatable bonds is 9. The summed E-state index contributed by atoms with van der Waals surface area (Å²) in [5.41, 5.74) is 5.69. The number of aromatic nitrogens is 4. The van der Waals surface area contributed by atoms with Crippen LogP contribution in [0.1, 0.15) is 34.1 Å². The van der Waals surface area contributed by atoms with E-state index in [4.69, 9.17) is 4.74 Å². The van der Waals surface area contributed by atoms with Gasteiger partial charge in [-0.1, -0.05) is 91.0 Å². The Balaban J connectivity index is 1.26. The molecule has 1 aliphatic rings. The minimum absolute atomic E-state index is 0.105. The number of aryl methyl sites for hydroxylation is 2. The number of nitrogens with zero attached hydrogens (tertiary/aromatic N) is 6. The second kappa shape index (κ2) is 12.9. The van der Waals surface area contributed by atoms with Crippen molar-refractivity contribution >= 4 is 6.08 Å². The Hall–Kier alpha value is -4.59. The van der Waals surface area contributed by atoms with Gasteiger partial charge in [0.2, 0.25) is 0 Å². The largest absolute Gasteiger partial charge is 0.457 e. The Bertz CT molecular complexity index is 1590. The van der Waals surface area contributed by atoms with E-state index in [2.05, 4.69) is 106 Å². The van der Waals surface area contributed by atoms with Gasteiger partial charge in [-0.05, 0) is 70.8 Å². The van der Waals surface area contributed by atoms with Gasteiger partial charge >= 0.3 is 0 Å². The molecule has 6 rings (SSSR count). The van der Waals surface area contributed by atoms with Crippen molar-refractivity contribution < 1.29 is 4.74 Å². The summed E-state index contributed by atoms with van der Waals surface area (Å²) in [7, 11) is 0. The van der Waals surface area contributed by atoms with Crippen molar-refractivity contribution in [2.24, 2.45) is 0 Å². The molecule has 7 heteroatoms. The summed E-state index contributed by atoms with van der Waals surface area (Å²) >= 11 is 0. The lowest BCUT2D eigenvalue weighted by atomic mass is 10.0. The topological polar surface area (TPSA) is 59.3 Å². The molecule has 7 nitrogen and oxygen atoms in total. The molecule has 5 aromatic rings. The van der Waals surface area contributed by atoms with Crippen LogP contribution >= 0.6 is 0 Å². The van der Waals surface area contributed by atoms with E-state index >= 15 is 0 Å². The number of piperazine rings is 1. The van der Waals surface area contributed by atoms with Crippen LogP contribution in [-0.2, 0) is 0 Å². The number of benzene rings is 4. The number of tetrazole rings is 1. The first-order valence-electron chi connectivity index (χ1n) is 14.5. The zero-order chi connectivity index (χ0) is 28.7. The number of para-hydroxylation sites is 2. The Kier molecular flexibility index (Phi) is 8.49. The molecule has 1 aromatic heterocycles. The predicted molar refractivity (Wildman–Crippen MR) is 167 cm³/mol. The standard InChI is InChI=1S/C35H36N6O/c1-27-11-9-12-28(2)33(27)41-35(36-37-38-41)34(30-18-20-32(21-19-30)42-31-16-7-4-8-17-31)40-25-23-39(24-26-40)22-10-15-29-13-5-3-6-14-29/h3-21,34H,22-26H2,1-2H3/b15-10+. The van der Waals surface area contributed by atoms with Crippen LogP contribution in [0.4, 0.5) is 0 Å². The molecule has 2 heterocycles. The zero-order valence-electron chi connectivity index (χ0n) is 24.2. The summed E-state index contributed by atoms with van der Waals surface area (Å²) in [6.07, 6.45) is 4.46. The van der Waals surface area contributed by atoms with Crippen LogP contribution in [0.25, 0.3) is 11.8 Å². The number of hydrogen-bond acceptors (Lipinski definition) is 6. The van der Waals surface area contributed by atoms with Gasteiger partial charge in [-0.3, -0.25) is 9.80 Å². The molecule has 0 bridgehead atoms. The monoisotopic (exact) mass is 556 g/mol. The molecule has 0 radical (unpaired) electrons. The summed E-state index contributed by atoms with van der Waals surface area (Å²) in [5, 5.41) is 13.3. The highest BCUT2D eigenvalue weighted by Crippen LogP contribution is 2.32. The van der Waals surface area contributed by atoms with Crippen LogP contribution in [0.3, 0.4) is 0 Å². The maximum absolute atomic E-state index is 6.09. The fourth-order valence-corrected chi connectivity index (χ4v) is 5.64. The van der Waals surface area contributed by atoms with Crippen LogP contribution in [0.5, 0.6) is 11.5 Å². The quantitative estimate of drug-likeness (QED) is 0.207. The molecule has 0 saturated carbocycles. The van der Waals surface area contributed by atoms with Gasteiger partial charge in [-0.25, -0.2) is 0 Å². The van der Waals surface area contributed by atoms with Gasteiger partial charge in [0.1, 0.15) is 11.5 Å². The fourth-order valence-electron chi connectivity index (χ4n) is 5.64. The van der Waals surface area contributed by atoms with Crippen molar-refractivity contribution in [1.29, 1.82) is 0 Å². The third-order valence-corrected chi connectivity index (χ3v) is 7.81. The highest BCUT2D eigenvalue weighted by Gasteiger charge is 2.31. The maximum Gasteiger partial charge on any atom is 0.178 e. The Labute approximate surface area is 247 Å². The van der Waals surface area contributed by atoms with Crippen molar-refractivity contribution in [3.8, 4) is 17.2 Å². The van der Waals surface area contributed by atoms with Crippen LogP contribution in [0, 0.1) is 13.8 Å². The molecule has 4 aromatic carbocycles. The zero-order valence-corrected chi connectivity index (χ0v) is 24.2. The van der Waals surface area contributed by atoms with Gasteiger partial charge < -0.3 is 4.74 Å². The number of ether oxygens (including phenoxy) is 1. The number of hydrogen-bond donors (Lipinski definition) is 0. The van der Waals surface area contributed by atoms with E-state index in [0.717, 1.165) is 72.4 Å². The average molecular weight is 557 g/mol. The fraction of sp³-hybridized carbons (Fsp3) is 0.229. The van der Waals surface area contributed by atoms with Crippen molar-refractivity contribution in [1.82, 2.24) is 30.0 Å². The van der Waals surface area contributed by atoms with Gasteiger partial charge in [0.25, 0.3) is 0 Å². The van der Waals surface area contributed by atoms with E-state index in [0.29, 0.717) is 0 Å². The lowest BCUT2D eigenvalue weighted by Crippen LogP contribution is -2.48. The third-order valence-electron chi connectivity index (χ3n) is 7.81. The van der Waals surface area contributed by atoms with Crippen LogP contribution in [-0.4, -0.2) is 62.7 Å². The Morgan fingerprint density at radius 2 is 1.38 bits per heavy atom. The SMILES string of the molecule is Cc1cccc(C)c1-n1nnnc1C(c1ccc(Oc2ccccc2)cc1)N1CCN(C/C=C/c2ccccc2)CC1. The van der Waals surface area contributed by atoms with Gasteiger partial charge in [0.15, 0.2) is 5.82 Å². The molecule has 0 aliphatic carbocycles. The third kappa shape index (κ3) is 6.33.